The van der Waals surface area contributed by atoms with Crippen molar-refractivity contribution in [1.82, 2.24) is 0 Å². The van der Waals surface area contributed by atoms with Crippen LogP contribution in [0.15, 0.2) is 24.3 Å². The van der Waals surface area contributed by atoms with E-state index in [0.29, 0.717) is 19.8 Å². The highest BCUT2D eigenvalue weighted by Gasteiger charge is 2.16. The van der Waals surface area contributed by atoms with E-state index >= 15 is 0 Å². The molecule has 0 fully saturated rings. The third kappa shape index (κ3) is 4.11. The standard InChI is InChI=1S/C13H21NO2/c1-4-15-11-5-7-12(8-6-11)16-10-13(2,3)9-14/h5-8H,4,9-10,14H2,1-3H3. The molecule has 0 radical (unpaired) electrons. The first-order valence-corrected chi connectivity index (χ1v) is 5.63. The lowest BCUT2D eigenvalue weighted by atomic mass is 9.95. The van der Waals surface area contributed by atoms with Crippen molar-refractivity contribution in [1.29, 1.82) is 0 Å². The zero-order valence-corrected chi connectivity index (χ0v) is 10.3. The first-order chi connectivity index (χ1) is 7.57. The Labute approximate surface area is 97.6 Å². The van der Waals surface area contributed by atoms with Gasteiger partial charge in [-0.05, 0) is 31.2 Å². The molecule has 1 aromatic carbocycles. The van der Waals surface area contributed by atoms with E-state index in [1.165, 1.54) is 0 Å². The summed E-state index contributed by atoms with van der Waals surface area (Å²) in [5, 5.41) is 0. The molecule has 0 saturated heterocycles. The molecule has 0 heterocycles. The molecule has 0 atom stereocenters. The zero-order valence-electron chi connectivity index (χ0n) is 10.3. The highest BCUT2D eigenvalue weighted by atomic mass is 16.5. The minimum atomic E-state index is 0.0125. The van der Waals surface area contributed by atoms with Gasteiger partial charge in [-0.25, -0.2) is 0 Å². The molecule has 0 unspecified atom stereocenters. The first kappa shape index (κ1) is 12.8. The fourth-order valence-corrected chi connectivity index (χ4v) is 1.14. The molecule has 0 bridgehead atoms. The van der Waals surface area contributed by atoms with E-state index in [1.807, 2.05) is 31.2 Å². The smallest absolute Gasteiger partial charge is 0.119 e. The highest BCUT2D eigenvalue weighted by Crippen LogP contribution is 2.20. The Kier molecular flexibility index (Phi) is 4.62. The molecule has 1 aromatic rings. The molecule has 16 heavy (non-hydrogen) atoms. The second kappa shape index (κ2) is 5.75. The molecule has 0 aliphatic heterocycles. The molecule has 3 nitrogen and oxygen atoms in total. The molecular weight excluding hydrogens is 202 g/mol. The summed E-state index contributed by atoms with van der Waals surface area (Å²) in [5.41, 5.74) is 5.65. The van der Waals surface area contributed by atoms with Crippen LogP contribution in [0, 0.1) is 5.41 Å². The number of rotatable bonds is 6. The van der Waals surface area contributed by atoms with Gasteiger partial charge in [-0.1, -0.05) is 13.8 Å². The summed E-state index contributed by atoms with van der Waals surface area (Å²) in [6.07, 6.45) is 0. The van der Waals surface area contributed by atoms with Crippen LogP contribution in [-0.4, -0.2) is 19.8 Å². The Bertz CT molecular complexity index is 306. The van der Waals surface area contributed by atoms with Gasteiger partial charge < -0.3 is 15.2 Å². The Balaban J connectivity index is 2.49. The maximum atomic E-state index is 5.66. The van der Waals surface area contributed by atoms with Gasteiger partial charge in [0.05, 0.1) is 13.2 Å². The van der Waals surface area contributed by atoms with E-state index in [1.54, 1.807) is 0 Å². The van der Waals surface area contributed by atoms with Crippen LogP contribution in [0.4, 0.5) is 0 Å². The van der Waals surface area contributed by atoms with Gasteiger partial charge in [0.1, 0.15) is 11.5 Å². The summed E-state index contributed by atoms with van der Waals surface area (Å²) in [5.74, 6) is 1.72. The second-order valence-electron chi connectivity index (χ2n) is 4.56. The molecule has 0 saturated carbocycles. The predicted molar refractivity (Wildman–Crippen MR) is 65.9 cm³/mol. The summed E-state index contributed by atoms with van der Waals surface area (Å²) in [6.45, 7) is 8.05. The Morgan fingerprint density at radius 2 is 1.56 bits per heavy atom. The molecule has 0 aromatic heterocycles. The molecule has 0 spiro atoms. The van der Waals surface area contributed by atoms with Crippen LogP contribution >= 0.6 is 0 Å². The Morgan fingerprint density at radius 1 is 1.06 bits per heavy atom. The van der Waals surface area contributed by atoms with Crippen LogP contribution < -0.4 is 15.2 Å². The molecule has 1 rings (SSSR count). The summed E-state index contributed by atoms with van der Waals surface area (Å²) in [6, 6.07) is 7.65. The van der Waals surface area contributed by atoms with Gasteiger partial charge in [-0.3, -0.25) is 0 Å². The van der Waals surface area contributed by atoms with Crippen LogP contribution in [-0.2, 0) is 0 Å². The van der Waals surface area contributed by atoms with Crippen molar-refractivity contribution in [3.63, 3.8) is 0 Å². The maximum absolute atomic E-state index is 5.66. The van der Waals surface area contributed by atoms with Gasteiger partial charge in [0.25, 0.3) is 0 Å². The molecule has 0 aliphatic rings. The van der Waals surface area contributed by atoms with E-state index in [4.69, 9.17) is 15.2 Å². The lowest BCUT2D eigenvalue weighted by Gasteiger charge is -2.22. The zero-order chi connectivity index (χ0) is 12.0. The van der Waals surface area contributed by atoms with E-state index in [9.17, 15) is 0 Å². The van der Waals surface area contributed by atoms with E-state index in [0.717, 1.165) is 11.5 Å². The van der Waals surface area contributed by atoms with Crippen LogP contribution in [0.1, 0.15) is 20.8 Å². The van der Waals surface area contributed by atoms with E-state index in [-0.39, 0.29) is 5.41 Å². The van der Waals surface area contributed by atoms with E-state index in [2.05, 4.69) is 13.8 Å². The average molecular weight is 223 g/mol. The summed E-state index contributed by atoms with van der Waals surface area (Å²) in [4.78, 5) is 0. The number of hydrogen-bond acceptors (Lipinski definition) is 3. The molecule has 90 valence electrons. The molecule has 2 N–H and O–H groups in total. The van der Waals surface area contributed by atoms with Crippen molar-refractivity contribution in [2.45, 2.75) is 20.8 Å². The van der Waals surface area contributed by atoms with Gasteiger partial charge in [0.15, 0.2) is 0 Å². The topological polar surface area (TPSA) is 44.5 Å². The number of benzene rings is 1. The quantitative estimate of drug-likeness (QED) is 0.805. The fraction of sp³-hybridized carbons (Fsp3) is 0.538. The second-order valence-corrected chi connectivity index (χ2v) is 4.56. The Hall–Kier alpha value is -1.22. The lowest BCUT2D eigenvalue weighted by molar-refractivity contribution is 0.187. The summed E-state index contributed by atoms with van der Waals surface area (Å²) in [7, 11) is 0. The van der Waals surface area contributed by atoms with Crippen LogP contribution in [0.3, 0.4) is 0 Å². The first-order valence-electron chi connectivity index (χ1n) is 5.63. The average Bonchev–Trinajstić information content (AvgIpc) is 2.29. The highest BCUT2D eigenvalue weighted by molar-refractivity contribution is 5.31. The number of ether oxygens (including phenoxy) is 2. The number of hydrogen-bond donors (Lipinski definition) is 1. The molecule has 0 aliphatic carbocycles. The predicted octanol–water partition coefficient (Wildman–Crippen LogP) is 2.45. The van der Waals surface area contributed by atoms with Crippen molar-refractivity contribution in [2.75, 3.05) is 19.8 Å². The van der Waals surface area contributed by atoms with Crippen molar-refractivity contribution in [2.24, 2.45) is 11.1 Å². The largest absolute Gasteiger partial charge is 0.494 e. The van der Waals surface area contributed by atoms with Crippen LogP contribution in [0.2, 0.25) is 0 Å². The van der Waals surface area contributed by atoms with Gasteiger partial charge in [0, 0.05) is 12.0 Å². The van der Waals surface area contributed by atoms with Gasteiger partial charge in [-0.15, -0.1) is 0 Å². The molecule has 3 heteroatoms. The van der Waals surface area contributed by atoms with Gasteiger partial charge >= 0.3 is 0 Å². The summed E-state index contributed by atoms with van der Waals surface area (Å²) >= 11 is 0. The molecule has 0 amide bonds. The fourth-order valence-electron chi connectivity index (χ4n) is 1.14. The number of nitrogens with two attached hydrogens (primary N) is 1. The van der Waals surface area contributed by atoms with Gasteiger partial charge in [-0.2, -0.15) is 0 Å². The minimum absolute atomic E-state index is 0.0125. The normalized spacial score (nSPS) is 11.2. The van der Waals surface area contributed by atoms with E-state index < -0.39 is 0 Å². The van der Waals surface area contributed by atoms with Crippen molar-refractivity contribution >= 4 is 0 Å². The van der Waals surface area contributed by atoms with Crippen molar-refractivity contribution in [3.8, 4) is 11.5 Å². The molecular formula is C13H21NO2. The third-order valence-electron chi connectivity index (χ3n) is 2.32. The van der Waals surface area contributed by atoms with Crippen molar-refractivity contribution in [3.05, 3.63) is 24.3 Å². The van der Waals surface area contributed by atoms with Crippen LogP contribution in [0.25, 0.3) is 0 Å². The van der Waals surface area contributed by atoms with Gasteiger partial charge in [0.2, 0.25) is 0 Å². The third-order valence-corrected chi connectivity index (χ3v) is 2.32. The summed E-state index contributed by atoms with van der Waals surface area (Å²) < 4.78 is 11.0. The monoisotopic (exact) mass is 223 g/mol. The SMILES string of the molecule is CCOc1ccc(OCC(C)(C)CN)cc1. The Morgan fingerprint density at radius 3 is 2.00 bits per heavy atom. The minimum Gasteiger partial charge on any atom is -0.494 e. The van der Waals surface area contributed by atoms with Crippen LogP contribution in [0.5, 0.6) is 11.5 Å². The maximum Gasteiger partial charge on any atom is 0.119 e. The van der Waals surface area contributed by atoms with Crippen molar-refractivity contribution < 1.29 is 9.47 Å². The lowest BCUT2D eigenvalue weighted by Crippen LogP contribution is -2.30.